The molecule has 1 aliphatic heterocycles. The van der Waals surface area contributed by atoms with Gasteiger partial charge in [0.15, 0.2) is 11.5 Å². The van der Waals surface area contributed by atoms with Crippen LogP contribution in [0.15, 0.2) is 42.5 Å². The van der Waals surface area contributed by atoms with E-state index >= 15 is 0 Å². The summed E-state index contributed by atoms with van der Waals surface area (Å²) in [6.45, 7) is 1.10. The van der Waals surface area contributed by atoms with Gasteiger partial charge < -0.3 is 14.8 Å². The van der Waals surface area contributed by atoms with E-state index in [9.17, 15) is 9.18 Å². The van der Waals surface area contributed by atoms with E-state index in [0.717, 1.165) is 11.3 Å². The Labute approximate surface area is 127 Å². The third-order valence-electron chi connectivity index (χ3n) is 3.36. The van der Waals surface area contributed by atoms with Crippen molar-refractivity contribution >= 4 is 11.6 Å². The number of nitrogens with one attached hydrogen (secondary N) is 1. The molecule has 0 saturated heterocycles. The Balaban J connectivity index is 1.57. The highest BCUT2D eigenvalue weighted by atomic mass is 19.1. The molecule has 1 amide bonds. The average molecular weight is 301 g/mol. The van der Waals surface area contributed by atoms with E-state index in [0.29, 0.717) is 37.5 Å². The number of carbonyl (C=O) groups excluding carboxylic acids is 1. The molecule has 0 spiro atoms. The molecule has 1 heterocycles. The summed E-state index contributed by atoms with van der Waals surface area (Å²) in [5.74, 6) is 0.929. The number of hydrogen-bond acceptors (Lipinski definition) is 3. The lowest BCUT2D eigenvalue weighted by Crippen LogP contribution is -2.15. The maximum absolute atomic E-state index is 13.1. The van der Waals surface area contributed by atoms with Gasteiger partial charge in [0, 0.05) is 12.1 Å². The zero-order valence-corrected chi connectivity index (χ0v) is 12.0. The number of aryl methyl sites for hydroxylation is 1. The summed E-state index contributed by atoms with van der Waals surface area (Å²) in [6.07, 6.45) is 0.897. The number of benzene rings is 2. The summed E-state index contributed by atoms with van der Waals surface area (Å²) in [5, 5.41) is 2.68. The van der Waals surface area contributed by atoms with Gasteiger partial charge in [0.25, 0.3) is 0 Å². The SMILES string of the molecule is O=C(CCc1ccc2c(c1)OCCO2)Nc1cccc(F)c1. The van der Waals surface area contributed by atoms with E-state index in [1.807, 2.05) is 18.2 Å². The van der Waals surface area contributed by atoms with Crippen LogP contribution < -0.4 is 14.8 Å². The fraction of sp³-hybridized carbons (Fsp3) is 0.235. The average Bonchev–Trinajstić information content (AvgIpc) is 2.53. The second-order valence-electron chi connectivity index (χ2n) is 5.04. The van der Waals surface area contributed by atoms with Crippen molar-refractivity contribution in [2.45, 2.75) is 12.8 Å². The van der Waals surface area contributed by atoms with Crippen molar-refractivity contribution in [1.29, 1.82) is 0 Å². The highest BCUT2D eigenvalue weighted by Gasteiger charge is 2.12. The highest BCUT2D eigenvalue weighted by Crippen LogP contribution is 2.31. The molecule has 0 aliphatic carbocycles. The van der Waals surface area contributed by atoms with Crippen molar-refractivity contribution in [2.24, 2.45) is 0 Å². The van der Waals surface area contributed by atoms with Gasteiger partial charge in [0.2, 0.25) is 5.91 Å². The van der Waals surface area contributed by atoms with Crippen LogP contribution in [0, 0.1) is 5.82 Å². The predicted molar refractivity (Wildman–Crippen MR) is 80.8 cm³/mol. The number of amides is 1. The summed E-state index contributed by atoms with van der Waals surface area (Å²) in [7, 11) is 0. The van der Waals surface area contributed by atoms with Gasteiger partial charge in [-0.1, -0.05) is 12.1 Å². The lowest BCUT2D eigenvalue weighted by Gasteiger charge is -2.18. The molecule has 22 heavy (non-hydrogen) atoms. The fourth-order valence-corrected chi connectivity index (χ4v) is 2.29. The van der Waals surface area contributed by atoms with Crippen LogP contribution in [0.4, 0.5) is 10.1 Å². The molecule has 0 saturated carbocycles. The minimum atomic E-state index is -0.371. The van der Waals surface area contributed by atoms with Crippen LogP contribution >= 0.6 is 0 Å². The minimum Gasteiger partial charge on any atom is -0.486 e. The highest BCUT2D eigenvalue weighted by molar-refractivity contribution is 5.90. The second kappa shape index (κ2) is 6.47. The molecule has 114 valence electrons. The van der Waals surface area contributed by atoms with Crippen molar-refractivity contribution in [1.82, 2.24) is 0 Å². The number of carbonyl (C=O) groups is 1. The lowest BCUT2D eigenvalue weighted by atomic mass is 10.1. The molecule has 5 heteroatoms. The second-order valence-corrected chi connectivity index (χ2v) is 5.04. The molecule has 2 aromatic rings. The maximum atomic E-state index is 13.1. The van der Waals surface area contributed by atoms with Gasteiger partial charge in [-0.25, -0.2) is 4.39 Å². The molecular weight excluding hydrogens is 285 g/mol. The van der Waals surface area contributed by atoms with E-state index in [2.05, 4.69) is 5.32 Å². The van der Waals surface area contributed by atoms with Gasteiger partial charge in [-0.3, -0.25) is 4.79 Å². The van der Waals surface area contributed by atoms with E-state index in [4.69, 9.17) is 9.47 Å². The standard InChI is InChI=1S/C17H16FNO3/c18-13-2-1-3-14(11-13)19-17(20)7-5-12-4-6-15-16(10-12)22-9-8-21-15/h1-4,6,10-11H,5,7-9H2,(H,19,20). The van der Waals surface area contributed by atoms with Crippen LogP contribution in [-0.2, 0) is 11.2 Å². The van der Waals surface area contributed by atoms with E-state index in [1.165, 1.54) is 12.1 Å². The monoisotopic (exact) mass is 301 g/mol. The van der Waals surface area contributed by atoms with E-state index < -0.39 is 0 Å². The molecule has 1 N–H and O–H groups in total. The fourth-order valence-electron chi connectivity index (χ4n) is 2.29. The zero-order valence-electron chi connectivity index (χ0n) is 12.0. The molecular formula is C17H16FNO3. The first kappa shape index (κ1) is 14.4. The Kier molecular flexibility index (Phi) is 4.23. The van der Waals surface area contributed by atoms with Crippen LogP contribution in [0.2, 0.25) is 0 Å². The van der Waals surface area contributed by atoms with Gasteiger partial charge in [-0.2, -0.15) is 0 Å². The number of halogens is 1. The Hall–Kier alpha value is -2.56. The van der Waals surface area contributed by atoms with Gasteiger partial charge >= 0.3 is 0 Å². The molecule has 0 atom stereocenters. The van der Waals surface area contributed by atoms with Crippen LogP contribution in [0.1, 0.15) is 12.0 Å². The molecule has 3 rings (SSSR count). The van der Waals surface area contributed by atoms with E-state index in [-0.39, 0.29) is 11.7 Å². The van der Waals surface area contributed by atoms with Crippen molar-refractivity contribution in [3.8, 4) is 11.5 Å². The van der Waals surface area contributed by atoms with Gasteiger partial charge in [-0.15, -0.1) is 0 Å². The molecule has 0 aromatic heterocycles. The zero-order chi connectivity index (χ0) is 15.4. The first-order valence-corrected chi connectivity index (χ1v) is 7.15. The molecule has 2 aromatic carbocycles. The Morgan fingerprint density at radius 2 is 1.91 bits per heavy atom. The van der Waals surface area contributed by atoms with Gasteiger partial charge in [0.1, 0.15) is 19.0 Å². The molecule has 1 aliphatic rings. The third kappa shape index (κ3) is 3.55. The predicted octanol–water partition coefficient (Wildman–Crippen LogP) is 3.17. The van der Waals surface area contributed by atoms with Crippen LogP contribution in [-0.4, -0.2) is 19.1 Å². The van der Waals surface area contributed by atoms with Crippen LogP contribution in [0.5, 0.6) is 11.5 Å². The molecule has 0 radical (unpaired) electrons. The molecule has 4 nitrogen and oxygen atoms in total. The maximum Gasteiger partial charge on any atom is 0.224 e. The molecule has 0 bridgehead atoms. The largest absolute Gasteiger partial charge is 0.486 e. The quantitative estimate of drug-likeness (QED) is 0.943. The normalized spacial score (nSPS) is 12.8. The van der Waals surface area contributed by atoms with E-state index in [1.54, 1.807) is 12.1 Å². The van der Waals surface area contributed by atoms with Crippen molar-refractivity contribution in [3.63, 3.8) is 0 Å². The van der Waals surface area contributed by atoms with Gasteiger partial charge in [-0.05, 0) is 42.3 Å². The minimum absolute atomic E-state index is 0.152. The summed E-state index contributed by atoms with van der Waals surface area (Å²) >= 11 is 0. The summed E-state index contributed by atoms with van der Waals surface area (Å²) in [5.41, 5.74) is 1.46. The van der Waals surface area contributed by atoms with Crippen LogP contribution in [0.3, 0.4) is 0 Å². The van der Waals surface area contributed by atoms with Crippen molar-refractivity contribution in [3.05, 3.63) is 53.8 Å². The Morgan fingerprint density at radius 1 is 1.09 bits per heavy atom. The lowest BCUT2D eigenvalue weighted by molar-refractivity contribution is -0.116. The Bertz CT molecular complexity index is 687. The number of hydrogen-bond donors (Lipinski definition) is 1. The van der Waals surface area contributed by atoms with Crippen molar-refractivity contribution in [2.75, 3.05) is 18.5 Å². The number of ether oxygens (including phenoxy) is 2. The van der Waals surface area contributed by atoms with Crippen LogP contribution in [0.25, 0.3) is 0 Å². The summed E-state index contributed by atoms with van der Waals surface area (Å²) in [4.78, 5) is 11.9. The number of rotatable bonds is 4. The van der Waals surface area contributed by atoms with Gasteiger partial charge in [0.05, 0.1) is 0 Å². The third-order valence-corrected chi connectivity index (χ3v) is 3.36. The first-order valence-electron chi connectivity index (χ1n) is 7.15. The number of fused-ring (bicyclic) bond motifs is 1. The first-order chi connectivity index (χ1) is 10.7. The summed E-state index contributed by atoms with van der Waals surface area (Å²) in [6, 6.07) is 11.5. The molecule has 0 unspecified atom stereocenters. The smallest absolute Gasteiger partial charge is 0.224 e. The molecule has 0 fully saturated rings. The summed E-state index contributed by atoms with van der Waals surface area (Å²) < 4.78 is 24.0. The Morgan fingerprint density at radius 3 is 2.73 bits per heavy atom. The number of anilines is 1. The van der Waals surface area contributed by atoms with Crippen molar-refractivity contribution < 1.29 is 18.7 Å². The topological polar surface area (TPSA) is 47.6 Å².